The van der Waals surface area contributed by atoms with Crippen molar-refractivity contribution in [1.29, 1.82) is 0 Å². The quantitative estimate of drug-likeness (QED) is 0.324. The molecule has 0 N–H and O–H groups in total. The number of hydrogen-bond donors (Lipinski definition) is 0. The Kier molecular flexibility index (Phi) is 5.53. The van der Waals surface area contributed by atoms with Gasteiger partial charge < -0.3 is 4.74 Å². The highest BCUT2D eigenvalue weighted by molar-refractivity contribution is 7.12. The third-order valence-electron chi connectivity index (χ3n) is 3.68. The van der Waals surface area contributed by atoms with Gasteiger partial charge in [0.1, 0.15) is 11.5 Å². The second-order valence-electron chi connectivity index (χ2n) is 5.64. The zero-order valence-electron chi connectivity index (χ0n) is 14.4. The van der Waals surface area contributed by atoms with Crippen LogP contribution in [-0.4, -0.2) is 12.4 Å². The molecule has 0 aliphatic carbocycles. The number of rotatable bonds is 6. The maximum Gasteiger partial charge on any atom is 0.127 e. The van der Waals surface area contributed by atoms with E-state index in [4.69, 9.17) is 4.74 Å². The van der Waals surface area contributed by atoms with E-state index in [0.717, 1.165) is 32.6 Å². The number of benzene rings is 2. The van der Waals surface area contributed by atoms with Gasteiger partial charge in [0.05, 0.1) is 11.4 Å². The van der Waals surface area contributed by atoms with Crippen molar-refractivity contribution in [3.8, 4) is 11.5 Å². The van der Waals surface area contributed by atoms with E-state index in [9.17, 15) is 0 Å². The van der Waals surface area contributed by atoms with E-state index in [2.05, 4.69) is 9.98 Å². The van der Waals surface area contributed by atoms with Crippen LogP contribution in [0.5, 0.6) is 11.5 Å². The van der Waals surface area contributed by atoms with Crippen LogP contribution >= 0.6 is 22.7 Å². The van der Waals surface area contributed by atoms with Crippen LogP contribution in [0.4, 0.5) is 11.4 Å². The van der Waals surface area contributed by atoms with Gasteiger partial charge in [-0.15, -0.1) is 22.7 Å². The maximum absolute atomic E-state index is 5.89. The molecular formula is C22H16N2OS2. The van der Waals surface area contributed by atoms with Crippen LogP contribution in [0.3, 0.4) is 0 Å². The summed E-state index contributed by atoms with van der Waals surface area (Å²) in [6.45, 7) is 0. The molecule has 0 atom stereocenters. The third-order valence-corrected chi connectivity index (χ3v) is 5.29. The Bertz CT molecular complexity index is 931. The van der Waals surface area contributed by atoms with Gasteiger partial charge in [-0.05, 0) is 71.4 Å². The van der Waals surface area contributed by atoms with E-state index in [1.807, 2.05) is 96.0 Å². The topological polar surface area (TPSA) is 34.0 Å². The highest BCUT2D eigenvalue weighted by atomic mass is 32.1. The van der Waals surface area contributed by atoms with E-state index in [1.54, 1.807) is 22.7 Å². The summed E-state index contributed by atoms with van der Waals surface area (Å²) in [4.78, 5) is 11.2. The van der Waals surface area contributed by atoms with Crippen LogP contribution in [0.1, 0.15) is 9.75 Å². The van der Waals surface area contributed by atoms with E-state index >= 15 is 0 Å². The molecule has 2 aromatic heterocycles. The fraction of sp³-hybridized carbons (Fsp3) is 0. The molecule has 2 aromatic carbocycles. The van der Waals surface area contributed by atoms with E-state index in [-0.39, 0.29) is 0 Å². The number of aliphatic imine (C=N–C) groups is 2. The number of ether oxygens (including phenoxy) is 1. The highest BCUT2D eigenvalue weighted by Crippen LogP contribution is 2.26. The molecule has 0 spiro atoms. The van der Waals surface area contributed by atoms with Crippen LogP contribution in [-0.2, 0) is 0 Å². The van der Waals surface area contributed by atoms with Crippen molar-refractivity contribution in [1.82, 2.24) is 0 Å². The Balaban J connectivity index is 1.37. The molecule has 0 aliphatic rings. The van der Waals surface area contributed by atoms with Crippen molar-refractivity contribution < 1.29 is 4.74 Å². The van der Waals surface area contributed by atoms with E-state index in [0.29, 0.717) is 0 Å². The Morgan fingerprint density at radius 3 is 1.41 bits per heavy atom. The Morgan fingerprint density at radius 2 is 1.04 bits per heavy atom. The van der Waals surface area contributed by atoms with Gasteiger partial charge in [-0.1, -0.05) is 12.1 Å². The summed E-state index contributed by atoms with van der Waals surface area (Å²) < 4.78 is 5.89. The first-order chi connectivity index (χ1) is 13.3. The number of thiophene rings is 2. The number of nitrogens with zero attached hydrogens (tertiary/aromatic N) is 2. The van der Waals surface area contributed by atoms with Crippen molar-refractivity contribution in [2.75, 3.05) is 0 Å². The molecule has 0 bridgehead atoms. The van der Waals surface area contributed by atoms with Gasteiger partial charge in [0.25, 0.3) is 0 Å². The van der Waals surface area contributed by atoms with Gasteiger partial charge in [-0.2, -0.15) is 0 Å². The first-order valence-corrected chi connectivity index (χ1v) is 10.1. The van der Waals surface area contributed by atoms with E-state index < -0.39 is 0 Å². The summed E-state index contributed by atoms with van der Waals surface area (Å²) in [7, 11) is 0. The standard InChI is InChI=1S/C22H16N2OS2/c1-3-21(26-13-1)15-23-17-5-9-19(10-6-17)25-20-11-7-18(8-12-20)24-16-22-4-2-14-27-22/h1-16H. The zero-order valence-corrected chi connectivity index (χ0v) is 16.0. The van der Waals surface area contributed by atoms with Gasteiger partial charge in [-0.25, -0.2) is 0 Å². The zero-order chi connectivity index (χ0) is 18.3. The van der Waals surface area contributed by atoms with Gasteiger partial charge in [0.15, 0.2) is 0 Å². The lowest BCUT2D eigenvalue weighted by molar-refractivity contribution is 0.483. The second-order valence-corrected chi connectivity index (χ2v) is 7.60. The minimum Gasteiger partial charge on any atom is -0.457 e. The molecule has 4 rings (SSSR count). The largest absolute Gasteiger partial charge is 0.457 e. The summed E-state index contributed by atoms with van der Waals surface area (Å²) in [6.07, 6.45) is 3.74. The fourth-order valence-electron chi connectivity index (χ4n) is 2.34. The molecule has 5 heteroatoms. The molecule has 2 heterocycles. The van der Waals surface area contributed by atoms with Crippen LogP contribution in [0.2, 0.25) is 0 Å². The van der Waals surface area contributed by atoms with Gasteiger partial charge >= 0.3 is 0 Å². The summed E-state index contributed by atoms with van der Waals surface area (Å²) in [6, 6.07) is 23.6. The Morgan fingerprint density at radius 1 is 0.593 bits per heavy atom. The predicted molar refractivity (Wildman–Crippen MR) is 116 cm³/mol. The van der Waals surface area contributed by atoms with Gasteiger partial charge in [0.2, 0.25) is 0 Å². The highest BCUT2D eigenvalue weighted by Gasteiger charge is 1.99. The minimum absolute atomic E-state index is 0.778. The van der Waals surface area contributed by atoms with Crippen LogP contribution in [0, 0.1) is 0 Å². The molecule has 0 unspecified atom stereocenters. The van der Waals surface area contributed by atoms with Crippen molar-refractivity contribution >= 4 is 46.5 Å². The Labute approximate surface area is 166 Å². The molecule has 0 saturated carbocycles. The molecule has 0 aliphatic heterocycles. The van der Waals surface area contributed by atoms with Crippen molar-refractivity contribution in [3.05, 3.63) is 93.3 Å². The fourth-order valence-corrected chi connectivity index (χ4v) is 3.51. The van der Waals surface area contributed by atoms with Gasteiger partial charge in [-0.3, -0.25) is 9.98 Å². The van der Waals surface area contributed by atoms with Crippen molar-refractivity contribution in [2.24, 2.45) is 9.98 Å². The average Bonchev–Trinajstić information content (AvgIpc) is 3.41. The van der Waals surface area contributed by atoms with Gasteiger partial charge in [0, 0.05) is 22.2 Å². The molecule has 0 amide bonds. The summed E-state index contributed by atoms with van der Waals surface area (Å²) in [5.41, 5.74) is 1.79. The first-order valence-electron chi connectivity index (χ1n) is 8.38. The van der Waals surface area contributed by atoms with Crippen LogP contribution in [0.25, 0.3) is 0 Å². The lowest BCUT2D eigenvalue weighted by Crippen LogP contribution is -1.83. The molecule has 132 valence electrons. The van der Waals surface area contributed by atoms with Crippen LogP contribution < -0.4 is 4.74 Å². The second kappa shape index (κ2) is 8.58. The molecule has 27 heavy (non-hydrogen) atoms. The molecular weight excluding hydrogens is 372 g/mol. The minimum atomic E-state index is 0.778. The number of hydrogen-bond acceptors (Lipinski definition) is 5. The summed E-state index contributed by atoms with van der Waals surface area (Å²) in [5, 5.41) is 4.08. The molecule has 4 aromatic rings. The van der Waals surface area contributed by atoms with Crippen molar-refractivity contribution in [3.63, 3.8) is 0 Å². The van der Waals surface area contributed by atoms with E-state index in [1.165, 1.54) is 0 Å². The Hall–Kier alpha value is -3.02. The van der Waals surface area contributed by atoms with Crippen molar-refractivity contribution in [2.45, 2.75) is 0 Å². The predicted octanol–water partition coefficient (Wildman–Crippen LogP) is 7.10. The summed E-state index contributed by atoms with van der Waals surface area (Å²) in [5.74, 6) is 1.56. The third kappa shape index (κ3) is 5.00. The smallest absolute Gasteiger partial charge is 0.127 e. The molecule has 0 fully saturated rings. The average molecular weight is 389 g/mol. The lowest BCUT2D eigenvalue weighted by Gasteiger charge is -2.06. The van der Waals surface area contributed by atoms with Crippen LogP contribution in [0.15, 0.2) is 93.5 Å². The molecule has 0 radical (unpaired) electrons. The summed E-state index contributed by atoms with van der Waals surface area (Å²) >= 11 is 3.33. The molecule has 3 nitrogen and oxygen atoms in total. The monoisotopic (exact) mass is 388 g/mol. The lowest BCUT2D eigenvalue weighted by atomic mass is 10.3. The molecule has 0 saturated heterocycles. The first kappa shape index (κ1) is 17.4. The maximum atomic E-state index is 5.89. The normalized spacial score (nSPS) is 11.4. The SMILES string of the molecule is C(=Nc1ccc(Oc2ccc(N=Cc3cccs3)cc2)cc1)c1cccs1.